The molecule has 4 nitrogen and oxygen atoms in total. The maximum absolute atomic E-state index is 8.76. The lowest BCUT2D eigenvalue weighted by Gasteiger charge is -2.18. The number of aliphatic hydroxyl groups excluding tert-OH is 1. The highest BCUT2D eigenvalue weighted by molar-refractivity contribution is 5.78. The summed E-state index contributed by atoms with van der Waals surface area (Å²) in [5.74, 6) is 0. The molecule has 2 aromatic rings. The van der Waals surface area contributed by atoms with Crippen molar-refractivity contribution in [3.63, 3.8) is 0 Å². The van der Waals surface area contributed by atoms with Crippen LogP contribution in [0.1, 0.15) is 6.42 Å². The van der Waals surface area contributed by atoms with Gasteiger partial charge in [-0.15, -0.1) is 0 Å². The molecule has 0 amide bonds. The van der Waals surface area contributed by atoms with E-state index >= 15 is 0 Å². The zero-order valence-electron chi connectivity index (χ0n) is 8.77. The van der Waals surface area contributed by atoms with Crippen molar-refractivity contribution >= 4 is 16.7 Å². The summed E-state index contributed by atoms with van der Waals surface area (Å²) in [6.45, 7) is 1.09. The first kappa shape index (κ1) is 9.98. The molecule has 0 saturated heterocycles. The molecule has 0 fully saturated rings. The quantitative estimate of drug-likeness (QED) is 0.793. The van der Waals surface area contributed by atoms with E-state index in [2.05, 4.69) is 20.9 Å². The number of aromatic nitrogens is 2. The van der Waals surface area contributed by atoms with E-state index in [1.54, 1.807) is 6.33 Å². The van der Waals surface area contributed by atoms with Crippen LogP contribution in [0.4, 0.5) is 5.69 Å². The van der Waals surface area contributed by atoms with Crippen LogP contribution in [0.25, 0.3) is 11.0 Å². The SMILES string of the molecule is CN(CCCO)c1ccc2nc[nH]c2c1. The molecule has 0 aliphatic heterocycles. The third kappa shape index (κ3) is 2.10. The maximum Gasteiger partial charge on any atom is 0.0931 e. The molecule has 0 aliphatic rings. The standard InChI is InChI=1S/C11H15N3O/c1-14(5-2-6-15)9-3-4-10-11(7-9)13-8-12-10/h3-4,7-8,15H,2,5-6H2,1H3,(H,12,13). The van der Waals surface area contributed by atoms with Gasteiger partial charge in [-0.05, 0) is 24.6 Å². The van der Waals surface area contributed by atoms with Crippen molar-refractivity contribution in [2.45, 2.75) is 6.42 Å². The normalized spacial score (nSPS) is 10.8. The number of aromatic amines is 1. The molecule has 80 valence electrons. The summed E-state index contributed by atoms with van der Waals surface area (Å²) in [5.41, 5.74) is 3.16. The predicted molar refractivity (Wildman–Crippen MR) is 61.1 cm³/mol. The van der Waals surface area contributed by atoms with Crippen LogP contribution in [0.5, 0.6) is 0 Å². The van der Waals surface area contributed by atoms with E-state index in [9.17, 15) is 0 Å². The number of H-pyrrole nitrogens is 1. The molecule has 2 rings (SSSR count). The minimum Gasteiger partial charge on any atom is -0.396 e. The van der Waals surface area contributed by atoms with Crippen LogP contribution in [0.3, 0.4) is 0 Å². The van der Waals surface area contributed by atoms with Crippen LogP contribution in [0.15, 0.2) is 24.5 Å². The first-order valence-electron chi connectivity index (χ1n) is 5.06. The summed E-state index contributed by atoms with van der Waals surface area (Å²) in [6, 6.07) is 6.11. The van der Waals surface area contributed by atoms with Crippen molar-refractivity contribution in [1.82, 2.24) is 9.97 Å². The highest BCUT2D eigenvalue weighted by Gasteiger charge is 2.02. The molecule has 15 heavy (non-hydrogen) atoms. The Bertz CT molecular complexity index is 438. The second-order valence-corrected chi connectivity index (χ2v) is 3.60. The largest absolute Gasteiger partial charge is 0.396 e. The summed E-state index contributed by atoms with van der Waals surface area (Å²) in [7, 11) is 2.02. The monoisotopic (exact) mass is 205 g/mol. The zero-order chi connectivity index (χ0) is 10.7. The lowest BCUT2D eigenvalue weighted by atomic mass is 10.2. The van der Waals surface area contributed by atoms with E-state index in [4.69, 9.17) is 5.11 Å². The van der Waals surface area contributed by atoms with Gasteiger partial charge in [0.2, 0.25) is 0 Å². The predicted octanol–water partition coefficient (Wildman–Crippen LogP) is 1.38. The van der Waals surface area contributed by atoms with E-state index in [1.807, 2.05) is 19.2 Å². The molecule has 0 spiro atoms. The summed E-state index contributed by atoms with van der Waals surface area (Å²) in [4.78, 5) is 9.37. The van der Waals surface area contributed by atoms with Gasteiger partial charge in [-0.1, -0.05) is 0 Å². The van der Waals surface area contributed by atoms with Gasteiger partial charge >= 0.3 is 0 Å². The Balaban J connectivity index is 2.19. The fraction of sp³-hybridized carbons (Fsp3) is 0.364. The van der Waals surface area contributed by atoms with Crippen LogP contribution in [0, 0.1) is 0 Å². The Morgan fingerprint density at radius 3 is 3.13 bits per heavy atom. The van der Waals surface area contributed by atoms with Gasteiger partial charge in [-0.25, -0.2) is 4.98 Å². The lowest BCUT2D eigenvalue weighted by Crippen LogP contribution is -2.19. The van der Waals surface area contributed by atoms with Crippen LogP contribution in [0.2, 0.25) is 0 Å². The van der Waals surface area contributed by atoms with Gasteiger partial charge in [0, 0.05) is 25.9 Å². The molecule has 0 saturated carbocycles. The number of rotatable bonds is 4. The lowest BCUT2D eigenvalue weighted by molar-refractivity contribution is 0.290. The molecule has 0 unspecified atom stereocenters. The van der Waals surface area contributed by atoms with E-state index in [1.165, 1.54) is 0 Å². The number of imidazole rings is 1. The number of nitrogens with one attached hydrogen (secondary N) is 1. The average Bonchev–Trinajstić information content (AvgIpc) is 2.72. The highest BCUT2D eigenvalue weighted by Crippen LogP contribution is 2.18. The number of hydrogen-bond acceptors (Lipinski definition) is 3. The van der Waals surface area contributed by atoms with Crippen LogP contribution >= 0.6 is 0 Å². The summed E-state index contributed by atoms with van der Waals surface area (Å²) < 4.78 is 0. The first-order chi connectivity index (χ1) is 7.31. The Morgan fingerprint density at radius 2 is 2.33 bits per heavy atom. The third-order valence-corrected chi connectivity index (χ3v) is 2.50. The van der Waals surface area contributed by atoms with Crippen molar-refractivity contribution < 1.29 is 5.11 Å². The number of nitrogens with zero attached hydrogens (tertiary/aromatic N) is 2. The van der Waals surface area contributed by atoms with Crippen LogP contribution in [-0.4, -0.2) is 35.3 Å². The number of benzene rings is 1. The number of fused-ring (bicyclic) bond motifs is 1. The summed E-state index contributed by atoms with van der Waals surface area (Å²) in [6.07, 6.45) is 2.49. The molecular formula is C11H15N3O. The van der Waals surface area contributed by atoms with Crippen molar-refractivity contribution in [2.75, 3.05) is 25.1 Å². The summed E-state index contributed by atoms with van der Waals surface area (Å²) in [5, 5.41) is 8.76. The molecule has 0 bridgehead atoms. The van der Waals surface area contributed by atoms with E-state index in [0.717, 1.165) is 29.7 Å². The van der Waals surface area contributed by atoms with Crippen molar-refractivity contribution in [1.29, 1.82) is 0 Å². The second kappa shape index (κ2) is 4.31. The molecule has 2 N–H and O–H groups in total. The smallest absolute Gasteiger partial charge is 0.0931 e. The van der Waals surface area contributed by atoms with E-state index in [0.29, 0.717) is 0 Å². The van der Waals surface area contributed by atoms with Gasteiger partial charge in [-0.2, -0.15) is 0 Å². The fourth-order valence-corrected chi connectivity index (χ4v) is 1.60. The zero-order valence-corrected chi connectivity index (χ0v) is 8.77. The molecular weight excluding hydrogens is 190 g/mol. The average molecular weight is 205 g/mol. The van der Waals surface area contributed by atoms with Gasteiger partial charge < -0.3 is 15.0 Å². The van der Waals surface area contributed by atoms with Crippen molar-refractivity contribution in [3.8, 4) is 0 Å². The molecule has 0 radical (unpaired) electrons. The Hall–Kier alpha value is -1.55. The van der Waals surface area contributed by atoms with Crippen LogP contribution < -0.4 is 4.90 Å². The van der Waals surface area contributed by atoms with Gasteiger partial charge in [-0.3, -0.25) is 0 Å². The summed E-state index contributed by atoms with van der Waals surface area (Å²) >= 11 is 0. The molecule has 1 aromatic heterocycles. The fourth-order valence-electron chi connectivity index (χ4n) is 1.60. The van der Waals surface area contributed by atoms with Gasteiger partial charge in [0.15, 0.2) is 0 Å². The Labute approximate surface area is 88.6 Å². The number of anilines is 1. The van der Waals surface area contributed by atoms with Crippen molar-refractivity contribution in [3.05, 3.63) is 24.5 Å². The molecule has 0 aliphatic carbocycles. The van der Waals surface area contributed by atoms with Crippen LogP contribution in [-0.2, 0) is 0 Å². The minimum absolute atomic E-state index is 0.233. The molecule has 1 heterocycles. The number of aliphatic hydroxyl groups is 1. The number of hydrogen-bond donors (Lipinski definition) is 2. The third-order valence-electron chi connectivity index (χ3n) is 2.50. The minimum atomic E-state index is 0.233. The van der Waals surface area contributed by atoms with Gasteiger partial charge in [0.1, 0.15) is 0 Å². The highest BCUT2D eigenvalue weighted by atomic mass is 16.3. The van der Waals surface area contributed by atoms with E-state index < -0.39 is 0 Å². The van der Waals surface area contributed by atoms with Gasteiger partial charge in [0.25, 0.3) is 0 Å². The molecule has 4 heteroatoms. The molecule has 1 aromatic carbocycles. The molecule has 0 atom stereocenters. The van der Waals surface area contributed by atoms with E-state index in [-0.39, 0.29) is 6.61 Å². The van der Waals surface area contributed by atoms with Crippen molar-refractivity contribution in [2.24, 2.45) is 0 Å². The first-order valence-corrected chi connectivity index (χ1v) is 5.06. The van der Waals surface area contributed by atoms with Gasteiger partial charge in [0.05, 0.1) is 17.4 Å². The topological polar surface area (TPSA) is 52.1 Å². The Kier molecular flexibility index (Phi) is 2.87. The second-order valence-electron chi connectivity index (χ2n) is 3.60. The Morgan fingerprint density at radius 1 is 1.47 bits per heavy atom. The maximum atomic E-state index is 8.76.